The highest BCUT2D eigenvalue weighted by atomic mass is 79.9. The van der Waals surface area contributed by atoms with Gasteiger partial charge in [0, 0.05) is 28.1 Å². The minimum atomic E-state index is -0.714. The van der Waals surface area contributed by atoms with E-state index in [1.807, 2.05) is 89.8 Å². The largest absolute Gasteiger partial charge is 0.374 e. The first-order chi connectivity index (χ1) is 13.1. The third-order valence-electron chi connectivity index (χ3n) is 5.15. The maximum Gasteiger partial charge on any atom is 0.185 e. The lowest BCUT2D eigenvalue weighted by molar-refractivity contribution is 0.0946. The molecule has 4 heteroatoms. The quantitative estimate of drug-likeness (QED) is 0.601. The fraction of sp³-hybridized carbons (Fsp3) is 0.174. The smallest absolute Gasteiger partial charge is 0.185 e. The van der Waals surface area contributed by atoms with Crippen molar-refractivity contribution in [3.05, 3.63) is 101 Å². The Morgan fingerprint density at radius 2 is 1.48 bits per heavy atom. The molecule has 1 N–H and O–H groups in total. The average molecular weight is 422 g/mol. The van der Waals surface area contributed by atoms with Crippen molar-refractivity contribution in [3.63, 3.8) is 0 Å². The van der Waals surface area contributed by atoms with Crippen molar-refractivity contribution >= 4 is 27.4 Å². The van der Waals surface area contributed by atoms with E-state index < -0.39 is 12.3 Å². The molecule has 0 spiro atoms. The maximum absolute atomic E-state index is 13.5. The summed E-state index contributed by atoms with van der Waals surface area (Å²) in [6.07, 6.45) is -0.197. The Morgan fingerprint density at radius 1 is 0.889 bits per heavy atom. The first kappa shape index (κ1) is 18.0. The molecule has 0 aliphatic carbocycles. The number of nitrogens with zero attached hydrogens (tertiary/aromatic N) is 1. The van der Waals surface area contributed by atoms with E-state index in [-0.39, 0.29) is 11.7 Å². The van der Waals surface area contributed by atoms with Crippen LogP contribution in [-0.4, -0.2) is 23.2 Å². The second-order valence-corrected chi connectivity index (χ2v) is 7.71. The second-order valence-electron chi connectivity index (χ2n) is 6.79. The predicted octanol–water partition coefficient (Wildman–Crippen LogP) is 5.01. The Labute approximate surface area is 167 Å². The fourth-order valence-electron chi connectivity index (χ4n) is 3.90. The summed E-state index contributed by atoms with van der Waals surface area (Å²) in [6.45, 7) is 0. The first-order valence-electron chi connectivity index (χ1n) is 9.01. The number of benzene rings is 3. The Morgan fingerprint density at radius 3 is 2.11 bits per heavy atom. The molecule has 0 aromatic heterocycles. The number of rotatable bonds is 4. The number of hydrogen-bond donors (Lipinski definition) is 1. The molecule has 4 rings (SSSR count). The molecule has 1 aliphatic heterocycles. The molecule has 1 heterocycles. The first-order valence-corrected chi connectivity index (χ1v) is 9.80. The van der Waals surface area contributed by atoms with Gasteiger partial charge in [-0.15, -0.1) is 0 Å². The maximum atomic E-state index is 13.5. The molecule has 1 aliphatic rings. The van der Waals surface area contributed by atoms with E-state index in [1.54, 1.807) is 0 Å². The van der Waals surface area contributed by atoms with Crippen LogP contribution in [0.4, 0.5) is 5.69 Å². The van der Waals surface area contributed by atoms with Crippen molar-refractivity contribution < 1.29 is 9.90 Å². The molecule has 0 saturated carbocycles. The summed E-state index contributed by atoms with van der Waals surface area (Å²) in [5.74, 6) is -0.0403. The Bertz CT molecular complexity index is 912. The molecule has 0 bridgehead atoms. The molecule has 136 valence electrons. The molecule has 1 saturated heterocycles. The molecule has 3 aromatic rings. The second kappa shape index (κ2) is 7.67. The van der Waals surface area contributed by atoms with E-state index >= 15 is 0 Å². The van der Waals surface area contributed by atoms with E-state index in [4.69, 9.17) is 0 Å². The third-order valence-corrected chi connectivity index (χ3v) is 5.67. The molecule has 0 radical (unpaired) electrons. The number of hydrogen-bond acceptors (Lipinski definition) is 3. The summed E-state index contributed by atoms with van der Waals surface area (Å²) < 4.78 is 0.963. The zero-order valence-corrected chi connectivity index (χ0v) is 16.3. The number of anilines is 1. The summed E-state index contributed by atoms with van der Waals surface area (Å²) in [6, 6.07) is 26.6. The van der Waals surface area contributed by atoms with Gasteiger partial charge >= 0.3 is 0 Å². The molecule has 1 fully saturated rings. The number of aliphatic hydroxyl groups excluding tert-OH is 1. The van der Waals surface area contributed by atoms with Crippen LogP contribution in [0.15, 0.2) is 89.4 Å². The predicted molar refractivity (Wildman–Crippen MR) is 111 cm³/mol. The highest BCUT2D eigenvalue weighted by Crippen LogP contribution is 2.41. The van der Waals surface area contributed by atoms with Gasteiger partial charge in [0.1, 0.15) is 12.3 Å². The minimum Gasteiger partial charge on any atom is -0.374 e. The van der Waals surface area contributed by atoms with Gasteiger partial charge in [0.15, 0.2) is 5.78 Å². The topological polar surface area (TPSA) is 40.5 Å². The van der Waals surface area contributed by atoms with Crippen molar-refractivity contribution in [2.45, 2.75) is 24.6 Å². The summed E-state index contributed by atoms with van der Waals surface area (Å²) in [7, 11) is 0. The standard InChI is InChI=1S/C23H20BrNO2/c24-18-11-13-19(14-12-18)25-21(26)15-20(16-7-3-1-4-8-16)22(25)23(27)17-9-5-2-6-10-17/h1-14,20-22,26H,15H2/t20-,21+,22+/m0/s1. The Hall–Kier alpha value is -2.43. The van der Waals surface area contributed by atoms with Crippen molar-refractivity contribution in [3.8, 4) is 0 Å². The van der Waals surface area contributed by atoms with E-state index in [2.05, 4.69) is 15.9 Å². The zero-order valence-electron chi connectivity index (χ0n) is 14.7. The molecule has 3 nitrogen and oxygen atoms in total. The monoisotopic (exact) mass is 421 g/mol. The van der Waals surface area contributed by atoms with Crippen LogP contribution >= 0.6 is 15.9 Å². The van der Waals surface area contributed by atoms with Gasteiger partial charge in [-0.05, 0) is 29.8 Å². The highest BCUT2D eigenvalue weighted by molar-refractivity contribution is 9.10. The van der Waals surface area contributed by atoms with Crippen LogP contribution in [0.3, 0.4) is 0 Å². The fourth-order valence-corrected chi connectivity index (χ4v) is 4.16. The number of carbonyl (C=O) groups excluding carboxylic acids is 1. The SMILES string of the molecule is O=C(c1ccccc1)[C@H]1[C@H](c2ccccc2)C[C@@H](O)N1c1ccc(Br)cc1. The number of carbonyl (C=O) groups is 1. The van der Waals surface area contributed by atoms with Gasteiger partial charge in [0.2, 0.25) is 0 Å². The molecule has 3 atom stereocenters. The molecule has 0 unspecified atom stereocenters. The van der Waals surface area contributed by atoms with Gasteiger partial charge in [0.05, 0.1) is 0 Å². The normalized spacial score (nSPS) is 22.0. The van der Waals surface area contributed by atoms with Crippen molar-refractivity contribution in [2.24, 2.45) is 0 Å². The van der Waals surface area contributed by atoms with Crippen molar-refractivity contribution in [1.29, 1.82) is 0 Å². The number of aliphatic hydroxyl groups is 1. The minimum absolute atomic E-state index is 0.0314. The van der Waals surface area contributed by atoms with Gasteiger partial charge in [-0.1, -0.05) is 76.6 Å². The molecular formula is C23H20BrNO2. The van der Waals surface area contributed by atoms with Gasteiger partial charge in [-0.2, -0.15) is 0 Å². The van der Waals surface area contributed by atoms with E-state index in [0.29, 0.717) is 12.0 Å². The summed E-state index contributed by atoms with van der Waals surface area (Å²) in [4.78, 5) is 15.3. The molecule has 3 aromatic carbocycles. The zero-order chi connectivity index (χ0) is 18.8. The van der Waals surface area contributed by atoms with Crippen LogP contribution in [0.25, 0.3) is 0 Å². The van der Waals surface area contributed by atoms with Crippen LogP contribution in [0.1, 0.15) is 28.3 Å². The van der Waals surface area contributed by atoms with Crippen LogP contribution in [0.2, 0.25) is 0 Å². The molecule has 0 amide bonds. The molecular weight excluding hydrogens is 402 g/mol. The summed E-state index contributed by atoms with van der Waals surface area (Å²) in [5, 5.41) is 10.9. The van der Waals surface area contributed by atoms with Gasteiger partial charge < -0.3 is 10.0 Å². The third kappa shape index (κ3) is 3.55. The lowest BCUT2D eigenvalue weighted by atomic mass is 9.87. The number of Topliss-reactive ketones (excluding diaryl/α,β-unsaturated/α-hetero) is 1. The van der Waals surface area contributed by atoms with E-state index in [1.165, 1.54) is 0 Å². The van der Waals surface area contributed by atoms with E-state index in [9.17, 15) is 9.90 Å². The summed E-state index contributed by atoms with van der Waals surface area (Å²) >= 11 is 3.45. The number of ketones is 1. The van der Waals surface area contributed by atoms with Crippen LogP contribution in [0, 0.1) is 0 Å². The van der Waals surface area contributed by atoms with Crippen LogP contribution in [0.5, 0.6) is 0 Å². The lowest BCUT2D eigenvalue weighted by Crippen LogP contribution is -2.42. The van der Waals surface area contributed by atoms with Crippen LogP contribution in [-0.2, 0) is 0 Å². The summed E-state index contributed by atoms with van der Waals surface area (Å²) in [5.41, 5.74) is 2.59. The van der Waals surface area contributed by atoms with Crippen molar-refractivity contribution in [1.82, 2.24) is 0 Å². The Kier molecular flexibility index (Phi) is 5.10. The van der Waals surface area contributed by atoms with E-state index in [0.717, 1.165) is 15.7 Å². The van der Waals surface area contributed by atoms with Crippen molar-refractivity contribution in [2.75, 3.05) is 4.90 Å². The number of halogens is 1. The van der Waals surface area contributed by atoms with Gasteiger partial charge in [0.25, 0.3) is 0 Å². The highest BCUT2D eigenvalue weighted by Gasteiger charge is 2.45. The molecule has 27 heavy (non-hydrogen) atoms. The van der Waals surface area contributed by atoms with Crippen LogP contribution < -0.4 is 4.90 Å². The average Bonchev–Trinajstić information content (AvgIpc) is 3.06. The van der Waals surface area contributed by atoms with Gasteiger partial charge in [-0.25, -0.2) is 0 Å². The Balaban J connectivity index is 1.79. The van der Waals surface area contributed by atoms with Gasteiger partial charge in [-0.3, -0.25) is 4.79 Å². The lowest BCUT2D eigenvalue weighted by Gasteiger charge is -2.31.